The van der Waals surface area contributed by atoms with Crippen LogP contribution in [0.3, 0.4) is 0 Å². The van der Waals surface area contributed by atoms with E-state index in [-0.39, 0.29) is 41.5 Å². The van der Waals surface area contributed by atoms with E-state index in [9.17, 15) is 14.4 Å². The lowest BCUT2D eigenvalue weighted by Crippen LogP contribution is -2.30. The standard InChI is InChI=1S/C35H48O4/c1-6-11-29(30(7-2)33(37)20-25(5)36)21-27-22-32-31(18-13-24(4)35(32)34(38)23-27)28-16-14-26(15-17-28)12-9-10-19-39-8-3/h13-18,27,29-30H,6-12,19-23H2,1-5H3. The van der Waals surface area contributed by atoms with Crippen LogP contribution in [0.15, 0.2) is 36.4 Å². The van der Waals surface area contributed by atoms with Crippen LogP contribution < -0.4 is 0 Å². The molecule has 4 heteroatoms. The van der Waals surface area contributed by atoms with Gasteiger partial charge >= 0.3 is 0 Å². The number of carbonyl (C=O) groups excluding carboxylic acids is 3. The molecule has 0 bridgehead atoms. The Bertz CT molecular complexity index is 1110. The first-order valence-corrected chi connectivity index (χ1v) is 15.1. The van der Waals surface area contributed by atoms with Crippen LogP contribution in [0.2, 0.25) is 0 Å². The number of ether oxygens (including phenoxy) is 1. The van der Waals surface area contributed by atoms with Gasteiger partial charge in [-0.05, 0) is 98.9 Å². The van der Waals surface area contributed by atoms with E-state index in [1.54, 1.807) is 0 Å². The van der Waals surface area contributed by atoms with Gasteiger partial charge in [0.1, 0.15) is 11.6 Å². The second kappa shape index (κ2) is 15.3. The molecule has 0 aromatic heterocycles. The maximum absolute atomic E-state index is 13.5. The zero-order valence-corrected chi connectivity index (χ0v) is 24.8. The lowest BCUT2D eigenvalue weighted by molar-refractivity contribution is -0.129. The van der Waals surface area contributed by atoms with Gasteiger partial charge in [0.2, 0.25) is 0 Å². The minimum absolute atomic E-state index is 0.0248. The van der Waals surface area contributed by atoms with E-state index in [1.165, 1.54) is 18.1 Å². The average Bonchev–Trinajstić information content (AvgIpc) is 2.89. The Morgan fingerprint density at radius 1 is 1.00 bits per heavy atom. The second-order valence-corrected chi connectivity index (χ2v) is 11.5. The molecule has 0 amide bonds. The number of unbranched alkanes of at least 4 members (excludes halogenated alkanes) is 1. The monoisotopic (exact) mass is 532 g/mol. The number of Topliss-reactive ketones (excluding diaryl/α,β-unsaturated/α-hetero) is 3. The molecule has 0 radical (unpaired) electrons. The van der Waals surface area contributed by atoms with Crippen LogP contribution in [0.25, 0.3) is 11.1 Å². The molecule has 2 aromatic carbocycles. The summed E-state index contributed by atoms with van der Waals surface area (Å²) in [4.78, 5) is 38.1. The van der Waals surface area contributed by atoms with E-state index in [0.717, 1.165) is 86.8 Å². The first kappa shape index (κ1) is 30.9. The first-order chi connectivity index (χ1) is 18.8. The van der Waals surface area contributed by atoms with Crippen molar-refractivity contribution in [3.8, 4) is 11.1 Å². The maximum atomic E-state index is 13.5. The Labute approximate surface area is 235 Å². The number of aryl methyl sites for hydroxylation is 2. The van der Waals surface area contributed by atoms with Crippen LogP contribution in [0.4, 0.5) is 0 Å². The summed E-state index contributed by atoms with van der Waals surface area (Å²) in [7, 11) is 0. The quantitative estimate of drug-likeness (QED) is 0.162. The molecule has 3 unspecified atom stereocenters. The van der Waals surface area contributed by atoms with Crippen molar-refractivity contribution in [1.29, 1.82) is 0 Å². The topological polar surface area (TPSA) is 60.4 Å². The molecule has 2 aromatic rings. The minimum atomic E-state index is -0.108. The fourth-order valence-corrected chi connectivity index (χ4v) is 6.54. The number of hydrogen-bond donors (Lipinski definition) is 0. The highest BCUT2D eigenvalue weighted by molar-refractivity contribution is 6.02. The molecule has 4 nitrogen and oxygen atoms in total. The van der Waals surface area contributed by atoms with Crippen molar-refractivity contribution in [3.63, 3.8) is 0 Å². The summed E-state index contributed by atoms with van der Waals surface area (Å²) in [6.07, 6.45) is 8.19. The summed E-state index contributed by atoms with van der Waals surface area (Å²) in [5.41, 5.74) is 6.76. The molecule has 0 saturated carbocycles. The SMILES string of the molecule is CCCC(CC1CC(=O)c2c(C)ccc(-c3ccc(CCCCOCC)cc3)c2C1)C(CC)C(=O)CC(C)=O. The molecule has 39 heavy (non-hydrogen) atoms. The fraction of sp³-hybridized carbons (Fsp3) is 0.571. The van der Waals surface area contributed by atoms with Crippen molar-refractivity contribution < 1.29 is 19.1 Å². The molecule has 0 spiro atoms. The van der Waals surface area contributed by atoms with Gasteiger partial charge in [0, 0.05) is 31.1 Å². The molecule has 0 N–H and O–H groups in total. The normalized spacial score (nSPS) is 16.5. The molecular formula is C35H48O4. The lowest BCUT2D eigenvalue weighted by Gasteiger charge is -2.32. The summed E-state index contributed by atoms with van der Waals surface area (Å²) in [6, 6.07) is 13.1. The third kappa shape index (κ3) is 8.45. The lowest BCUT2D eigenvalue weighted by atomic mass is 9.71. The van der Waals surface area contributed by atoms with Crippen molar-refractivity contribution in [1.82, 2.24) is 0 Å². The summed E-state index contributed by atoms with van der Waals surface area (Å²) >= 11 is 0. The number of fused-ring (bicyclic) bond motifs is 1. The zero-order valence-electron chi connectivity index (χ0n) is 24.8. The van der Waals surface area contributed by atoms with E-state index < -0.39 is 0 Å². The zero-order chi connectivity index (χ0) is 28.4. The summed E-state index contributed by atoms with van der Waals surface area (Å²) in [6.45, 7) is 11.4. The molecule has 0 heterocycles. The molecule has 0 aliphatic heterocycles. The highest BCUT2D eigenvalue weighted by Crippen LogP contribution is 2.40. The van der Waals surface area contributed by atoms with Gasteiger partial charge in [0.25, 0.3) is 0 Å². The number of rotatable bonds is 16. The average molecular weight is 533 g/mol. The molecular weight excluding hydrogens is 484 g/mol. The Kier molecular flexibility index (Phi) is 12.1. The molecule has 0 saturated heterocycles. The maximum Gasteiger partial charge on any atom is 0.163 e. The number of benzene rings is 2. The van der Waals surface area contributed by atoms with Gasteiger partial charge in [0.15, 0.2) is 5.78 Å². The van der Waals surface area contributed by atoms with Gasteiger partial charge in [-0.2, -0.15) is 0 Å². The third-order valence-electron chi connectivity index (χ3n) is 8.38. The Hall–Kier alpha value is -2.59. The van der Waals surface area contributed by atoms with Crippen molar-refractivity contribution in [2.24, 2.45) is 17.8 Å². The predicted molar refractivity (Wildman–Crippen MR) is 159 cm³/mol. The molecule has 1 aliphatic carbocycles. The van der Waals surface area contributed by atoms with Crippen LogP contribution in [-0.2, 0) is 27.2 Å². The second-order valence-electron chi connectivity index (χ2n) is 11.5. The third-order valence-corrected chi connectivity index (χ3v) is 8.38. The van der Waals surface area contributed by atoms with E-state index in [0.29, 0.717) is 6.42 Å². The van der Waals surface area contributed by atoms with E-state index in [2.05, 4.69) is 50.2 Å². The van der Waals surface area contributed by atoms with Crippen LogP contribution in [0.1, 0.15) is 106 Å². The van der Waals surface area contributed by atoms with Gasteiger partial charge in [0.05, 0.1) is 6.42 Å². The fourth-order valence-electron chi connectivity index (χ4n) is 6.54. The largest absolute Gasteiger partial charge is 0.382 e. The highest BCUT2D eigenvalue weighted by Gasteiger charge is 2.34. The van der Waals surface area contributed by atoms with E-state index in [4.69, 9.17) is 4.74 Å². The summed E-state index contributed by atoms with van der Waals surface area (Å²) in [5, 5.41) is 0. The van der Waals surface area contributed by atoms with Crippen molar-refractivity contribution in [3.05, 3.63) is 58.7 Å². The van der Waals surface area contributed by atoms with Crippen LogP contribution in [0.5, 0.6) is 0 Å². The Morgan fingerprint density at radius 2 is 1.74 bits per heavy atom. The summed E-state index contributed by atoms with van der Waals surface area (Å²) < 4.78 is 5.45. The van der Waals surface area contributed by atoms with E-state index >= 15 is 0 Å². The molecule has 1 aliphatic rings. The number of carbonyl (C=O) groups is 3. The van der Waals surface area contributed by atoms with Gasteiger partial charge in [-0.25, -0.2) is 0 Å². The number of ketones is 3. The summed E-state index contributed by atoms with van der Waals surface area (Å²) in [5.74, 6) is 0.549. The molecule has 0 fully saturated rings. The highest BCUT2D eigenvalue weighted by atomic mass is 16.5. The molecule has 212 valence electrons. The van der Waals surface area contributed by atoms with Gasteiger partial charge in [-0.15, -0.1) is 0 Å². The predicted octanol–water partition coefficient (Wildman–Crippen LogP) is 8.15. The Balaban J connectivity index is 1.81. The van der Waals surface area contributed by atoms with Crippen LogP contribution >= 0.6 is 0 Å². The minimum Gasteiger partial charge on any atom is -0.382 e. The van der Waals surface area contributed by atoms with Crippen molar-refractivity contribution in [2.45, 2.75) is 98.8 Å². The number of hydrogen-bond acceptors (Lipinski definition) is 4. The Morgan fingerprint density at radius 3 is 2.38 bits per heavy atom. The smallest absolute Gasteiger partial charge is 0.163 e. The van der Waals surface area contributed by atoms with E-state index in [1.807, 2.05) is 13.8 Å². The van der Waals surface area contributed by atoms with Gasteiger partial charge in [-0.1, -0.05) is 63.1 Å². The molecule has 3 atom stereocenters. The first-order valence-electron chi connectivity index (χ1n) is 15.1. The van der Waals surface area contributed by atoms with Crippen LogP contribution in [-0.4, -0.2) is 30.6 Å². The van der Waals surface area contributed by atoms with Crippen LogP contribution in [0, 0.1) is 24.7 Å². The van der Waals surface area contributed by atoms with Crippen molar-refractivity contribution >= 4 is 17.3 Å². The van der Waals surface area contributed by atoms with Gasteiger partial charge < -0.3 is 4.74 Å². The molecule has 3 rings (SSSR count). The van der Waals surface area contributed by atoms with Gasteiger partial charge in [-0.3, -0.25) is 14.4 Å². The van der Waals surface area contributed by atoms with Crippen molar-refractivity contribution in [2.75, 3.05) is 13.2 Å².